The average molecular weight is 431 g/mol. The number of ketones is 1. The Morgan fingerprint density at radius 2 is 1.21 bits per heavy atom. The predicted molar refractivity (Wildman–Crippen MR) is 130 cm³/mol. The maximum Gasteiger partial charge on any atom is 0.174 e. The van der Waals surface area contributed by atoms with Crippen molar-refractivity contribution in [2.75, 3.05) is 0 Å². The van der Waals surface area contributed by atoms with Crippen molar-refractivity contribution in [1.82, 2.24) is 0 Å². The van der Waals surface area contributed by atoms with Gasteiger partial charge in [-0.2, -0.15) is 0 Å². The highest BCUT2D eigenvalue weighted by molar-refractivity contribution is 7.21. The van der Waals surface area contributed by atoms with Gasteiger partial charge in [-0.25, -0.2) is 0 Å². The van der Waals surface area contributed by atoms with E-state index in [1.807, 2.05) is 11.3 Å². The van der Waals surface area contributed by atoms with E-state index in [4.69, 9.17) is 0 Å². The van der Waals surface area contributed by atoms with Gasteiger partial charge in [-0.15, -0.1) is 22.7 Å². The van der Waals surface area contributed by atoms with Crippen molar-refractivity contribution >= 4 is 28.5 Å². The fourth-order valence-corrected chi connectivity index (χ4v) is 7.02. The van der Waals surface area contributed by atoms with E-state index in [1.165, 1.54) is 92.4 Å². The standard InChI is InChI=1S/C26H38OS2/c1-3-5-7-9-11-13-17-26(18-14-12-10-8-6-4-2)22-16-20-29-24(22)23-21(25(26)27)15-19-28-23/h15-16,19-20H,3-14,17-18H2,1-2H3. The van der Waals surface area contributed by atoms with Gasteiger partial charge in [0.05, 0.1) is 10.3 Å². The first-order valence-corrected chi connectivity index (χ1v) is 13.7. The summed E-state index contributed by atoms with van der Waals surface area (Å²) in [5.74, 6) is 0.418. The minimum atomic E-state index is -0.265. The molecule has 0 saturated heterocycles. The smallest absolute Gasteiger partial charge is 0.174 e. The van der Waals surface area contributed by atoms with Crippen LogP contribution < -0.4 is 0 Å². The fourth-order valence-electron chi connectivity index (χ4n) is 4.94. The second-order valence-electron chi connectivity index (χ2n) is 8.77. The number of thiophene rings is 2. The molecule has 0 unspecified atom stereocenters. The molecule has 2 aromatic rings. The molecule has 0 amide bonds. The minimum absolute atomic E-state index is 0.265. The largest absolute Gasteiger partial charge is 0.293 e. The van der Waals surface area contributed by atoms with Gasteiger partial charge in [0, 0.05) is 10.4 Å². The SMILES string of the molecule is CCCCCCCCC1(CCCCCCCC)C(=O)c2ccsc2-c2sccc21. The Morgan fingerprint density at radius 3 is 1.83 bits per heavy atom. The maximum absolute atomic E-state index is 13.8. The van der Waals surface area contributed by atoms with E-state index in [0.717, 1.165) is 18.4 Å². The van der Waals surface area contributed by atoms with Crippen LogP contribution in [0, 0.1) is 0 Å². The lowest BCUT2D eigenvalue weighted by Gasteiger charge is -2.36. The van der Waals surface area contributed by atoms with Gasteiger partial charge < -0.3 is 0 Å². The second-order valence-corrected chi connectivity index (χ2v) is 10.6. The van der Waals surface area contributed by atoms with Crippen molar-refractivity contribution < 1.29 is 4.79 Å². The summed E-state index contributed by atoms with van der Waals surface area (Å²) in [7, 11) is 0. The van der Waals surface area contributed by atoms with Crippen molar-refractivity contribution in [3.8, 4) is 9.75 Å². The van der Waals surface area contributed by atoms with E-state index < -0.39 is 0 Å². The number of unbranched alkanes of at least 4 members (excludes halogenated alkanes) is 10. The van der Waals surface area contributed by atoms with E-state index in [9.17, 15) is 4.79 Å². The molecule has 3 rings (SSSR count). The predicted octanol–water partition coefficient (Wildman–Crippen LogP) is 9.41. The first-order valence-electron chi connectivity index (χ1n) is 11.9. The van der Waals surface area contributed by atoms with Crippen molar-refractivity contribution in [3.05, 3.63) is 34.0 Å². The number of hydrogen-bond acceptors (Lipinski definition) is 3. The highest BCUT2D eigenvalue weighted by atomic mass is 32.1. The summed E-state index contributed by atoms with van der Waals surface area (Å²) >= 11 is 3.58. The zero-order chi connectivity index (χ0) is 20.5. The number of Topliss-reactive ketones (excluding diaryl/α,β-unsaturated/α-hetero) is 1. The van der Waals surface area contributed by atoms with Crippen LogP contribution in [0.5, 0.6) is 0 Å². The third-order valence-corrected chi connectivity index (χ3v) is 8.64. The molecule has 2 aromatic heterocycles. The third kappa shape index (κ3) is 5.22. The van der Waals surface area contributed by atoms with Crippen LogP contribution in [-0.4, -0.2) is 5.78 Å². The number of carbonyl (C=O) groups excluding carboxylic acids is 1. The Bertz CT molecular complexity index is 738. The van der Waals surface area contributed by atoms with Crippen LogP contribution >= 0.6 is 22.7 Å². The molecule has 2 heterocycles. The van der Waals surface area contributed by atoms with Crippen LogP contribution in [0.4, 0.5) is 0 Å². The Balaban J connectivity index is 1.73. The van der Waals surface area contributed by atoms with Crippen molar-refractivity contribution in [3.63, 3.8) is 0 Å². The second kappa shape index (κ2) is 11.5. The van der Waals surface area contributed by atoms with Gasteiger partial charge in [0.1, 0.15) is 0 Å². The summed E-state index contributed by atoms with van der Waals surface area (Å²) in [6.45, 7) is 4.54. The van der Waals surface area contributed by atoms with E-state index in [2.05, 4.69) is 36.7 Å². The zero-order valence-electron chi connectivity index (χ0n) is 18.4. The number of hydrogen-bond donors (Lipinski definition) is 0. The Morgan fingerprint density at radius 1 is 0.690 bits per heavy atom. The number of carbonyl (C=O) groups is 1. The van der Waals surface area contributed by atoms with Crippen molar-refractivity contribution in [2.45, 2.75) is 109 Å². The highest BCUT2D eigenvalue weighted by Crippen LogP contribution is 2.52. The molecule has 0 spiro atoms. The monoisotopic (exact) mass is 430 g/mol. The Labute approximate surface area is 185 Å². The lowest BCUT2D eigenvalue weighted by molar-refractivity contribution is 0.0855. The van der Waals surface area contributed by atoms with Crippen molar-refractivity contribution in [2.24, 2.45) is 0 Å². The quantitative estimate of drug-likeness (QED) is 0.273. The molecule has 0 aromatic carbocycles. The average Bonchev–Trinajstić information content (AvgIpc) is 3.40. The molecule has 1 aliphatic carbocycles. The number of fused-ring (bicyclic) bond motifs is 3. The van der Waals surface area contributed by atoms with Crippen LogP contribution in [0.25, 0.3) is 9.75 Å². The molecular formula is C26H38OS2. The minimum Gasteiger partial charge on any atom is -0.293 e. The molecule has 0 N–H and O–H groups in total. The molecule has 0 radical (unpaired) electrons. The van der Waals surface area contributed by atoms with Crippen LogP contribution in [0.1, 0.15) is 120 Å². The molecule has 0 saturated carbocycles. The first kappa shape index (κ1) is 22.7. The molecular weight excluding hydrogens is 392 g/mol. The Kier molecular flexibility index (Phi) is 8.99. The molecule has 160 valence electrons. The van der Waals surface area contributed by atoms with Gasteiger partial charge in [0.25, 0.3) is 0 Å². The van der Waals surface area contributed by atoms with E-state index in [0.29, 0.717) is 5.78 Å². The molecule has 0 atom stereocenters. The summed E-state index contributed by atoms with van der Waals surface area (Å²) in [4.78, 5) is 16.4. The lowest BCUT2D eigenvalue weighted by atomic mass is 9.65. The topological polar surface area (TPSA) is 17.1 Å². The van der Waals surface area contributed by atoms with E-state index >= 15 is 0 Å². The van der Waals surface area contributed by atoms with Gasteiger partial charge in [-0.05, 0) is 41.3 Å². The number of rotatable bonds is 14. The van der Waals surface area contributed by atoms with Gasteiger partial charge in [-0.1, -0.05) is 90.9 Å². The highest BCUT2D eigenvalue weighted by Gasteiger charge is 2.46. The van der Waals surface area contributed by atoms with Gasteiger partial charge in [0.2, 0.25) is 0 Å². The summed E-state index contributed by atoms with van der Waals surface area (Å²) in [5.41, 5.74) is 2.09. The molecule has 29 heavy (non-hydrogen) atoms. The summed E-state index contributed by atoms with van der Waals surface area (Å²) in [6.07, 6.45) is 17.5. The van der Waals surface area contributed by atoms with Crippen LogP contribution in [-0.2, 0) is 5.41 Å². The van der Waals surface area contributed by atoms with E-state index in [-0.39, 0.29) is 5.41 Å². The molecule has 0 fully saturated rings. The summed E-state index contributed by atoms with van der Waals surface area (Å²) in [5, 5.41) is 4.32. The van der Waals surface area contributed by atoms with Crippen molar-refractivity contribution in [1.29, 1.82) is 0 Å². The van der Waals surface area contributed by atoms with Gasteiger partial charge >= 0.3 is 0 Å². The molecule has 1 nitrogen and oxygen atoms in total. The zero-order valence-corrected chi connectivity index (χ0v) is 20.1. The third-order valence-electron chi connectivity index (χ3n) is 6.65. The van der Waals surface area contributed by atoms with Crippen LogP contribution in [0.15, 0.2) is 22.9 Å². The lowest BCUT2D eigenvalue weighted by Crippen LogP contribution is -2.38. The molecule has 0 aliphatic heterocycles. The summed E-state index contributed by atoms with van der Waals surface area (Å²) < 4.78 is 0. The van der Waals surface area contributed by atoms with Crippen LogP contribution in [0.2, 0.25) is 0 Å². The van der Waals surface area contributed by atoms with Crippen LogP contribution in [0.3, 0.4) is 0 Å². The van der Waals surface area contributed by atoms with E-state index in [1.54, 1.807) is 11.3 Å². The molecule has 1 aliphatic rings. The van der Waals surface area contributed by atoms with Gasteiger partial charge in [0.15, 0.2) is 5.78 Å². The summed E-state index contributed by atoms with van der Waals surface area (Å²) in [6, 6.07) is 4.36. The maximum atomic E-state index is 13.8. The normalized spacial score (nSPS) is 14.8. The Hall–Kier alpha value is -0.930. The van der Waals surface area contributed by atoms with Gasteiger partial charge in [-0.3, -0.25) is 4.79 Å². The molecule has 0 bridgehead atoms. The first-order chi connectivity index (χ1) is 14.2. The molecule has 3 heteroatoms. The fraction of sp³-hybridized carbons (Fsp3) is 0.654.